The van der Waals surface area contributed by atoms with E-state index in [4.69, 9.17) is 5.73 Å². The number of hydrogen-bond donors (Lipinski definition) is 1. The molecule has 0 bridgehead atoms. The molecule has 0 spiro atoms. The normalized spacial score (nSPS) is 12.7. The van der Waals surface area contributed by atoms with Crippen molar-refractivity contribution in [2.45, 2.75) is 19.5 Å². The van der Waals surface area contributed by atoms with Gasteiger partial charge < -0.3 is 5.73 Å². The molecule has 1 heterocycles. The van der Waals surface area contributed by atoms with Crippen LogP contribution < -0.4 is 5.73 Å². The third-order valence-electron chi connectivity index (χ3n) is 2.72. The van der Waals surface area contributed by atoms with Gasteiger partial charge in [0.1, 0.15) is 11.6 Å². The molecule has 1 aromatic heterocycles. The first-order chi connectivity index (χ1) is 8.54. The Morgan fingerprint density at radius 3 is 2.78 bits per heavy atom. The molecule has 3 nitrogen and oxygen atoms in total. The van der Waals surface area contributed by atoms with Crippen LogP contribution in [0.15, 0.2) is 28.9 Å². The van der Waals surface area contributed by atoms with E-state index in [1.165, 1.54) is 12.1 Å². The van der Waals surface area contributed by atoms with Gasteiger partial charge in [0.2, 0.25) is 0 Å². The Kier molecular flexibility index (Phi) is 3.77. The van der Waals surface area contributed by atoms with Crippen molar-refractivity contribution >= 4 is 15.9 Å². The van der Waals surface area contributed by atoms with Crippen molar-refractivity contribution < 1.29 is 8.78 Å². The maximum atomic E-state index is 13.7. The summed E-state index contributed by atoms with van der Waals surface area (Å²) in [4.78, 5) is 0. The van der Waals surface area contributed by atoms with E-state index < -0.39 is 17.7 Å². The van der Waals surface area contributed by atoms with Gasteiger partial charge in [-0.05, 0) is 28.9 Å². The summed E-state index contributed by atoms with van der Waals surface area (Å²) in [6, 6.07) is 2.69. The van der Waals surface area contributed by atoms with E-state index in [1.807, 2.05) is 6.92 Å². The van der Waals surface area contributed by atoms with Crippen molar-refractivity contribution in [2.75, 3.05) is 0 Å². The van der Waals surface area contributed by atoms with Crippen LogP contribution in [0.3, 0.4) is 0 Å². The highest BCUT2D eigenvalue weighted by atomic mass is 79.9. The van der Waals surface area contributed by atoms with Gasteiger partial charge in [-0.3, -0.25) is 4.68 Å². The predicted molar refractivity (Wildman–Crippen MR) is 68.0 cm³/mol. The van der Waals surface area contributed by atoms with E-state index in [9.17, 15) is 8.78 Å². The van der Waals surface area contributed by atoms with Gasteiger partial charge in [-0.1, -0.05) is 6.07 Å². The first kappa shape index (κ1) is 13.2. The van der Waals surface area contributed by atoms with Crippen LogP contribution in [0.1, 0.15) is 24.2 Å². The number of aromatic nitrogens is 2. The first-order valence-corrected chi connectivity index (χ1v) is 6.25. The highest BCUT2D eigenvalue weighted by Crippen LogP contribution is 2.28. The fourth-order valence-corrected chi connectivity index (χ4v) is 2.38. The average Bonchev–Trinajstić information content (AvgIpc) is 2.69. The third kappa shape index (κ3) is 2.30. The molecule has 1 aromatic carbocycles. The molecule has 1 atom stereocenters. The van der Waals surface area contributed by atoms with Crippen LogP contribution in [0.4, 0.5) is 8.78 Å². The molecule has 0 fully saturated rings. The number of hydrogen-bond acceptors (Lipinski definition) is 2. The Balaban J connectivity index is 2.47. The van der Waals surface area contributed by atoms with Crippen molar-refractivity contribution in [2.24, 2.45) is 5.73 Å². The number of rotatable bonds is 3. The summed E-state index contributed by atoms with van der Waals surface area (Å²) < 4.78 is 29.0. The van der Waals surface area contributed by atoms with Crippen LogP contribution in [0.2, 0.25) is 0 Å². The molecule has 0 saturated carbocycles. The quantitative estimate of drug-likeness (QED) is 0.946. The predicted octanol–water partition coefficient (Wildman–Crippen LogP) is 2.99. The van der Waals surface area contributed by atoms with Crippen LogP contribution >= 0.6 is 15.9 Å². The molecule has 6 heteroatoms. The zero-order chi connectivity index (χ0) is 13.3. The average molecular weight is 316 g/mol. The molecular weight excluding hydrogens is 304 g/mol. The smallest absolute Gasteiger partial charge is 0.131 e. The van der Waals surface area contributed by atoms with Gasteiger partial charge in [0.15, 0.2) is 0 Å². The molecule has 96 valence electrons. The van der Waals surface area contributed by atoms with Crippen molar-refractivity contribution in [3.63, 3.8) is 0 Å². The Morgan fingerprint density at radius 2 is 2.17 bits per heavy atom. The maximum absolute atomic E-state index is 13.7. The van der Waals surface area contributed by atoms with Gasteiger partial charge in [0, 0.05) is 18.2 Å². The summed E-state index contributed by atoms with van der Waals surface area (Å²) in [6.07, 6.45) is 1.61. The molecule has 0 saturated heterocycles. The summed E-state index contributed by atoms with van der Waals surface area (Å²) in [5, 5.41) is 4.12. The lowest BCUT2D eigenvalue weighted by atomic mass is 10.0. The van der Waals surface area contributed by atoms with E-state index in [0.717, 1.165) is 6.07 Å². The lowest BCUT2D eigenvalue weighted by Crippen LogP contribution is -2.19. The number of nitrogens with zero attached hydrogens (tertiary/aromatic N) is 2. The Labute approximate surface area is 112 Å². The zero-order valence-corrected chi connectivity index (χ0v) is 11.3. The molecule has 0 amide bonds. The number of benzene rings is 1. The summed E-state index contributed by atoms with van der Waals surface area (Å²) in [5.41, 5.74) is 6.95. The standard InChI is InChI=1S/C12H12BrF2N3/c1-2-18-12(9(13)6-17-18)11(16)8-4-3-7(14)5-10(8)15/h3-6,11H,2,16H2,1H3. The number of aryl methyl sites for hydroxylation is 1. The van der Waals surface area contributed by atoms with E-state index in [1.54, 1.807) is 10.9 Å². The molecule has 0 radical (unpaired) electrons. The van der Waals surface area contributed by atoms with Crippen LogP contribution in [-0.4, -0.2) is 9.78 Å². The van der Waals surface area contributed by atoms with E-state index in [0.29, 0.717) is 16.7 Å². The van der Waals surface area contributed by atoms with Gasteiger partial charge in [-0.2, -0.15) is 5.10 Å². The van der Waals surface area contributed by atoms with Crippen molar-refractivity contribution in [1.29, 1.82) is 0 Å². The molecular formula is C12H12BrF2N3. The van der Waals surface area contributed by atoms with Crippen molar-refractivity contribution in [3.8, 4) is 0 Å². The van der Waals surface area contributed by atoms with Gasteiger partial charge in [0.05, 0.1) is 22.4 Å². The number of halogens is 3. The molecule has 0 aliphatic carbocycles. The van der Waals surface area contributed by atoms with Crippen LogP contribution in [0.25, 0.3) is 0 Å². The summed E-state index contributed by atoms with van der Waals surface area (Å²) in [7, 11) is 0. The van der Waals surface area contributed by atoms with Crippen molar-refractivity contribution in [3.05, 3.63) is 51.8 Å². The maximum Gasteiger partial charge on any atom is 0.131 e. The third-order valence-corrected chi connectivity index (χ3v) is 3.34. The topological polar surface area (TPSA) is 43.8 Å². The molecule has 1 unspecified atom stereocenters. The second kappa shape index (κ2) is 5.16. The Bertz CT molecular complexity index is 568. The van der Waals surface area contributed by atoms with Crippen LogP contribution in [0.5, 0.6) is 0 Å². The second-order valence-corrected chi connectivity index (χ2v) is 4.69. The Morgan fingerprint density at radius 1 is 1.44 bits per heavy atom. The molecule has 2 aromatic rings. The first-order valence-electron chi connectivity index (χ1n) is 5.46. The largest absolute Gasteiger partial charge is 0.319 e. The molecule has 18 heavy (non-hydrogen) atoms. The summed E-state index contributed by atoms with van der Waals surface area (Å²) in [5.74, 6) is -1.27. The molecule has 2 rings (SSSR count). The van der Waals surface area contributed by atoms with Crippen LogP contribution in [0, 0.1) is 11.6 Å². The van der Waals surface area contributed by atoms with Crippen molar-refractivity contribution in [1.82, 2.24) is 9.78 Å². The molecule has 0 aliphatic heterocycles. The SMILES string of the molecule is CCn1ncc(Br)c1C(N)c1ccc(F)cc1F. The van der Waals surface area contributed by atoms with Gasteiger partial charge in [-0.25, -0.2) is 8.78 Å². The molecule has 2 N–H and O–H groups in total. The van der Waals surface area contributed by atoms with Gasteiger partial charge >= 0.3 is 0 Å². The minimum absolute atomic E-state index is 0.243. The number of nitrogens with two attached hydrogens (primary N) is 1. The zero-order valence-electron chi connectivity index (χ0n) is 9.70. The summed E-state index contributed by atoms with van der Waals surface area (Å²) in [6.45, 7) is 2.54. The van der Waals surface area contributed by atoms with Gasteiger partial charge in [0.25, 0.3) is 0 Å². The van der Waals surface area contributed by atoms with Crippen LogP contribution in [-0.2, 0) is 6.54 Å². The molecule has 0 aliphatic rings. The highest BCUT2D eigenvalue weighted by Gasteiger charge is 2.20. The minimum Gasteiger partial charge on any atom is -0.319 e. The fraction of sp³-hybridized carbons (Fsp3) is 0.250. The highest BCUT2D eigenvalue weighted by molar-refractivity contribution is 9.10. The Hall–Kier alpha value is -1.27. The lowest BCUT2D eigenvalue weighted by Gasteiger charge is -2.15. The fourth-order valence-electron chi connectivity index (χ4n) is 1.83. The minimum atomic E-state index is -0.692. The van der Waals surface area contributed by atoms with E-state index in [-0.39, 0.29) is 5.56 Å². The monoisotopic (exact) mass is 315 g/mol. The van der Waals surface area contributed by atoms with E-state index >= 15 is 0 Å². The van der Waals surface area contributed by atoms with Gasteiger partial charge in [-0.15, -0.1) is 0 Å². The van der Waals surface area contributed by atoms with E-state index in [2.05, 4.69) is 21.0 Å². The lowest BCUT2D eigenvalue weighted by molar-refractivity contribution is 0.550. The summed E-state index contributed by atoms with van der Waals surface area (Å²) >= 11 is 3.34. The second-order valence-electron chi connectivity index (χ2n) is 3.84.